The summed E-state index contributed by atoms with van der Waals surface area (Å²) in [5.41, 5.74) is 1.67. The SMILES string of the molecule is CCc1ccc(NC(=O)OCC2OC(C(=O)O)C(O)C2O)cc1. The summed E-state index contributed by atoms with van der Waals surface area (Å²) in [7, 11) is 0. The number of ether oxygens (including phenoxy) is 2. The number of carboxylic acids is 1. The Kier molecular flexibility index (Phi) is 5.54. The van der Waals surface area contributed by atoms with Crippen molar-refractivity contribution in [2.24, 2.45) is 0 Å². The Morgan fingerprint density at radius 1 is 1.22 bits per heavy atom. The summed E-state index contributed by atoms with van der Waals surface area (Å²) >= 11 is 0. The van der Waals surface area contributed by atoms with Gasteiger partial charge < -0.3 is 24.8 Å². The molecule has 1 amide bonds. The molecule has 1 heterocycles. The van der Waals surface area contributed by atoms with E-state index in [9.17, 15) is 19.8 Å². The molecular weight excluding hydrogens is 306 g/mol. The van der Waals surface area contributed by atoms with Crippen molar-refractivity contribution in [3.05, 3.63) is 29.8 Å². The van der Waals surface area contributed by atoms with Crippen LogP contribution in [0.2, 0.25) is 0 Å². The minimum atomic E-state index is -1.56. The molecule has 1 aliphatic rings. The molecular formula is C15H19NO7. The van der Waals surface area contributed by atoms with Gasteiger partial charge in [0.15, 0.2) is 6.10 Å². The number of hydrogen-bond donors (Lipinski definition) is 4. The van der Waals surface area contributed by atoms with Gasteiger partial charge in [-0.15, -0.1) is 0 Å². The van der Waals surface area contributed by atoms with Crippen LogP contribution in [0.4, 0.5) is 10.5 Å². The van der Waals surface area contributed by atoms with Gasteiger partial charge in [0, 0.05) is 5.69 Å². The lowest BCUT2D eigenvalue weighted by atomic mass is 10.1. The molecule has 0 radical (unpaired) electrons. The van der Waals surface area contributed by atoms with Crippen LogP contribution in [-0.2, 0) is 20.7 Å². The highest BCUT2D eigenvalue weighted by Gasteiger charge is 2.46. The Hall–Kier alpha value is -2.16. The van der Waals surface area contributed by atoms with E-state index >= 15 is 0 Å². The minimum Gasteiger partial charge on any atom is -0.479 e. The molecule has 23 heavy (non-hydrogen) atoms. The molecule has 0 aromatic heterocycles. The standard InChI is InChI=1S/C15H19NO7/c1-2-8-3-5-9(6-4-8)16-15(21)22-7-10-11(17)12(18)13(23-10)14(19)20/h3-6,10-13,17-18H,2,7H2,1H3,(H,16,21)(H,19,20). The molecule has 2 rings (SSSR count). The third kappa shape index (κ3) is 4.19. The Bertz CT molecular complexity index is 559. The van der Waals surface area contributed by atoms with Gasteiger partial charge in [-0.2, -0.15) is 0 Å². The number of anilines is 1. The molecule has 1 fully saturated rings. The first kappa shape index (κ1) is 17.2. The van der Waals surface area contributed by atoms with Crippen LogP contribution >= 0.6 is 0 Å². The first-order valence-electron chi connectivity index (χ1n) is 7.19. The largest absolute Gasteiger partial charge is 0.479 e. The third-order valence-electron chi connectivity index (χ3n) is 3.59. The number of nitrogens with one attached hydrogen (secondary N) is 1. The lowest BCUT2D eigenvalue weighted by Crippen LogP contribution is -2.37. The number of aliphatic hydroxyl groups is 2. The Morgan fingerprint density at radius 3 is 2.39 bits per heavy atom. The Labute approximate surface area is 132 Å². The molecule has 1 saturated heterocycles. The summed E-state index contributed by atoms with van der Waals surface area (Å²) in [5, 5.41) is 30.5. The molecule has 126 valence electrons. The van der Waals surface area contributed by atoms with Gasteiger partial charge in [0.2, 0.25) is 0 Å². The van der Waals surface area contributed by atoms with Crippen molar-refractivity contribution in [1.82, 2.24) is 0 Å². The van der Waals surface area contributed by atoms with Crippen LogP contribution in [0.3, 0.4) is 0 Å². The van der Waals surface area contributed by atoms with E-state index in [1.54, 1.807) is 12.1 Å². The van der Waals surface area contributed by atoms with Gasteiger partial charge in [0.1, 0.15) is 24.9 Å². The maximum absolute atomic E-state index is 11.7. The molecule has 4 N–H and O–H groups in total. The maximum atomic E-state index is 11.7. The van der Waals surface area contributed by atoms with Crippen molar-refractivity contribution in [2.75, 3.05) is 11.9 Å². The first-order valence-corrected chi connectivity index (χ1v) is 7.19. The van der Waals surface area contributed by atoms with E-state index in [-0.39, 0.29) is 6.61 Å². The normalized spacial score (nSPS) is 26.7. The predicted molar refractivity (Wildman–Crippen MR) is 79.1 cm³/mol. The number of carbonyl (C=O) groups is 2. The highest BCUT2D eigenvalue weighted by Crippen LogP contribution is 2.22. The highest BCUT2D eigenvalue weighted by atomic mass is 16.6. The van der Waals surface area contributed by atoms with Crippen LogP contribution in [0.5, 0.6) is 0 Å². The van der Waals surface area contributed by atoms with Gasteiger partial charge in [0.05, 0.1) is 0 Å². The molecule has 1 aliphatic heterocycles. The molecule has 1 aromatic carbocycles. The van der Waals surface area contributed by atoms with Gasteiger partial charge in [-0.25, -0.2) is 9.59 Å². The number of hydrogen-bond acceptors (Lipinski definition) is 6. The molecule has 0 bridgehead atoms. The van der Waals surface area contributed by atoms with E-state index in [2.05, 4.69) is 5.32 Å². The second-order valence-electron chi connectivity index (χ2n) is 5.19. The first-order chi connectivity index (χ1) is 10.9. The molecule has 0 aliphatic carbocycles. The summed E-state index contributed by atoms with van der Waals surface area (Å²) in [6.07, 6.45) is -5.52. The van der Waals surface area contributed by atoms with Crippen LogP contribution in [0.15, 0.2) is 24.3 Å². The van der Waals surface area contributed by atoms with E-state index in [1.807, 2.05) is 19.1 Å². The third-order valence-corrected chi connectivity index (χ3v) is 3.59. The molecule has 1 aromatic rings. The number of carboxylic acid groups (broad SMARTS) is 1. The number of aryl methyl sites for hydroxylation is 1. The van der Waals surface area contributed by atoms with Crippen LogP contribution < -0.4 is 5.32 Å². The van der Waals surface area contributed by atoms with E-state index < -0.39 is 36.5 Å². The van der Waals surface area contributed by atoms with Gasteiger partial charge in [-0.05, 0) is 24.1 Å². The van der Waals surface area contributed by atoms with E-state index in [1.165, 1.54) is 0 Å². The zero-order chi connectivity index (χ0) is 17.0. The second-order valence-corrected chi connectivity index (χ2v) is 5.19. The Balaban J connectivity index is 1.83. The van der Waals surface area contributed by atoms with Crippen molar-refractivity contribution in [2.45, 2.75) is 37.8 Å². The maximum Gasteiger partial charge on any atom is 0.411 e. The zero-order valence-corrected chi connectivity index (χ0v) is 12.5. The van der Waals surface area contributed by atoms with Gasteiger partial charge in [-0.1, -0.05) is 19.1 Å². The zero-order valence-electron chi connectivity index (χ0n) is 12.5. The van der Waals surface area contributed by atoms with Crippen LogP contribution in [0.1, 0.15) is 12.5 Å². The topological polar surface area (TPSA) is 125 Å². The number of aliphatic hydroxyl groups excluding tert-OH is 2. The monoisotopic (exact) mass is 325 g/mol. The van der Waals surface area contributed by atoms with Crippen LogP contribution in [0, 0.1) is 0 Å². The summed E-state index contributed by atoms with van der Waals surface area (Å²) in [6, 6.07) is 7.19. The lowest BCUT2D eigenvalue weighted by Gasteiger charge is -2.15. The highest BCUT2D eigenvalue weighted by molar-refractivity contribution is 5.84. The van der Waals surface area contributed by atoms with E-state index in [4.69, 9.17) is 14.6 Å². The second kappa shape index (κ2) is 7.40. The summed E-state index contributed by atoms with van der Waals surface area (Å²) in [6.45, 7) is 1.64. The molecule has 8 nitrogen and oxygen atoms in total. The van der Waals surface area contributed by atoms with Gasteiger partial charge in [-0.3, -0.25) is 5.32 Å². The predicted octanol–water partition coefficient (Wildman–Crippen LogP) is 0.371. The van der Waals surface area contributed by atoms with Crippen molar-refractivity contribution < 1.29 is 34.4 Å². The Morgan fingerprint density at radius 2 is 1.87 bits per heavy atom. The van der Waals surface area contributed by atoms with E-state index in [0.29, 0.717) is 5.69 Å². The number of benzene rings is 1. The lowest BCUT2D eigenvalue weighted by molar-refractivity contribution is -0.153. The molecule has 4 unspecified atom stereocenters. The average Bonchev–Trinajstić information content (AvgIpc) is 2.82. The number of carbonyl (C=O) groups excluding carboxylic acids is 1. The minimum absolute atomic E-state index is 0.374. The number of aliphatic carboxylic acids is 1. The summed E-state index contributed by atoms with van der Waals surface area (Å²) in [4.78, 5) is 22.5. The number of rotatable bonds is 5. The van der Waals surface area contributed by atoms with Crippen molar-refractivity contribution >= 4 is 17.7 Å². The average molecular weight is 325 g/mol. The van der Waals surface area contributed by atoms with Crippen LogP contribution in [0.25, 0.3) is 0 Å². The summed E-state index contributed by atoms with van der Waals surface area (Å²) < 4.78 is 9.87. The fraction of sp³-hybridized carbons (Fsp3) is 0.467. The molecule has 0 saturated carbocycles. The molecule has 4 atom stereocenters. The van der Waals surface area contributed by atoms with Crippen LogP contribution in [-0.4, -0.2) is 58.4 Å². The van der Waals surface area contributed by atoms with E-state index in [0.717, 1.165) is 12.0 Å². The smallest absolute Gasteiger partial charge is 0.411 e. The number of amides is 1. The van der Waals surface area contributed by atoms with Gasteiger partial charge >= 0.3 is 12.1 Å². The molecule has 8 heteroatoms. The molecule has 0 spiro atoms. The fourth-order valence-electron chi connectivity index (χ4n) is 2.23. The fourth-order valence-corrected chi connectivity index (χ4v) is 2.23. The van der Waals surface area contributed by atoms with Crippen molar-refractivity contribution in [3.8, 4) is 0 Å². The van der Waals surface area contributed by atoms with Gasteiger partial charge in [0.25, 0.3) is 0 Å². The van der Waals surface area contributed by atoms with Crippen molar-refractivity contribution in [3.63, 3.8) is 0 Å². The quantitative estimate of drug-likeness (QED) is 0.616. The summed E-state index contributed by atoms with van der Waals surface area (Å²) in [5.74, 6) is -1.39. The van der Waals surface area contributed by atoms with Crippen molar-refractivity contribution in [1.29, 1.82) is 0 Å².